The maximum Gasteiger partial charge on any atom is 0.279 e. The summed E-state index contributed by atoms with van der Waals surface area (Å²) in [4.78, 5) is 38.1. The van der Waals surface area contributed by atoms with Crippen molar-refractivity contribution in [3.63, 3.8) is 0 Å². The Morgan fingerprint density at radius 1 is 0.923 bits per heavy atom. The van der Waals surface area contributed by atoms with Crippen molar-refractivity contribution in [1.29, 1.82) is 10.5 Å². The molecule has 3 aromatic carbocycles. The van der Waals surface area contributed by atoms with E-state index in [2.05, 4.69) is 10.4 Å². The van der Waals surface area contributed by atoms with E-state index in [0.29, 0.717) is 0 Å². The lowest BCUT2D eigenvalue weighted by atomic mass is 10.0. The highest BCUT2D eigenvalue weighted by molar-refractivity contribution is 6.34. The van der Waals surface area contributed by atoms with E-state index in [9.17, 15) is 14.4 Å². The summed E-state index contributed by atoms with van der Waals surface area (Å²) in [5, 5.41) is 24.4. The molecule has 0 saturated heterocycles. The van der Waals surface area contributed by atoms with Crippen LogP contribution < -0.4 is 5.32 Å². The molecular weight excluding hydrogens is 551 g/mol. The van der Waals surface area contributed by atoms with Gasteiger partial charge in [0, 0.05) is 6.20 Å². The number of ketones is 1. The molecule has 8 nitrogen and oxygen atoms in total. The van der Waals surface area contributed by atoms with Crippen molar-refractivity contribution >= 4 is 46.5 Å². The normalized spacial score (nSPS) is 10.4. The molecule has 1 N–H and O–H groups in total. The van der Waals surface area contributed by atoms with E-state index < -0.39 is 46.0 Å². The number of amides is 1. The molecule has 0 radical (unpaired) electrons. The van der Waals surface area contributed by atoms with Crippen LogP contribution in [0.15, 0.2) is 54.7 Å². The third-order valence-electron chi connectivity index (χ3n) is 5.54. The molecule has 0 saturated carbocycles. The van der Waals surface area contributed by atoms with Crippen LogP contribution in [0.2, 0.25) is 10.0 Å². The van der Waals surface area contributed by atoms with Gasteiger partial charge in [-0.25, -0.2) is 13.5 Å². The first-order valence-corrected chi connectivity index (χ1v) is 11.7. The molecule has 1 aromatic heterocycles. The lowest BCUT2D eigenvalue weighted by Crippen LogP contribution is -2.17. The molecule has 0 fully saturated rings. The number of benzene rings is 3. The van der Waals surface area contributed by atoms with Crippen LogP contribution in [0.5, 0.6) is 0 Å². The SMILES string of the molecule is CC(=O)c1c(NC(=O)c2cc(C#N)ccc2Cl)cc(F)c(-c2ccn(C(=O)c3cc(C#N)ccc3Cl)n2)c1F. The molecule has 0 spiro atoms. The summed E-state index contributed by atoms with van der Waals surface area (Å²) in [5.41, 5.74) is -2.08. The zero-order valence-electron chi connectivity index (χ0n) is 19.7. The van der Waals surface area contributed by atoms with Gasteiger partial charge in [0.15, 0.2) is 5.78 Å². The van der Waals surface area contributed by atoms with Crippen LogP contribution in [-0.2, 0) is 0 Å². The van der Waals surface area contributed by atoms with Gasteiger partial charge < -0.3 is 5.32 Å². The largest absolute Gasteiger partial charge is 0.321 e. The second kappa shape index (κ2) is 10.8. The molecule has 0 bridgehead atoms. The monoisotopic (exact) mass is 563 g/mol. The number of rotatable bonds is 5. The van der Waals surface area contributed by atoms with E-state index in [1.54, 1.807) is 0 Å². The van der Waals surface area contributed by atoms with Crippen LogP contribution in [-0.4, -0.2) is 27.4 Å². The minimum atomic E-state index is -1.32. The first-order chi connectivity index (χ1) is 18.5. The molecule has 192 valence electrons. The second-order valence-electron chi connectivity index (χ2n) is 8.04. The number of nitrogens with zero attached hydrogens (tertiary/aromatic N) is 4. The van der Waals surface area contributed by atoms with Gasteiger partial charge in [-0.05, 0) is 55.5 Å². The molecule has 39 heavy (non-hydrogen) atoms. The molecule has 4 rings (SSSR count). The maximum absolute atomic E-state index is 15.6. The number of anilines is 1. The van der Waals surface area contributed by atoms with E-state index in [0.717, 1.165) is 29.9 Å². The fraction of sp³-hybridized carbons (Fsp3) is 0.0370. The molecular formula is C27H13Cl2F2N5O3. The van der Waals surface area contributed by atoms with Crippen molar-refractivity contribution < 1.29 is 23.2 Å². The molecule has 1 heterocycles. The van der Waals surface area contributed by atoms with Crippen molar-refractivity contribution in [1.82, 2.24) is 9.78 Å². The summed E-state index contributed by atoms with van der Waals surface area (Å²) in [7, 11) is 0. The second-order valence-corrected chi connectivity index (χ2v) is 8.86. The Morgan fingerprint density at radius 2 is 1.51 bits per heavy atom. The number of nitrogens with one attached hydrogen (secondary N) is 1. The van der Waals surface area contributed by atoms with Gasteiger partial charge in [0.25, 0.3) is 11.8 Å². The Balaban J connectivity index is 1.74. The Hall–Kier alpha value is -4.90. The minimum Gasteiger partial charge on any atom is -0.321 e. The number of carbonyl (C=O) groups is 3. The summed E-state index contributed by atoms with van der Waals surface area (Å²) in [6.07, 6.45) is 1.14. The smallest absolute Gasteiger partial charge is 0.279 e. The van der Waals surface area contributed by atoms with E-state index in [-0.39, 0.29) is 38.0 Å². The maximum atomic E-state index is 15.6. The standard InChI is InChI=1S/C27H13Cl2F2N5O3/c1-13(37)23-22(34-26(38)16-8-14(11-32)2-4-18(16)28)10-20(30)24(25(23)31)21-6-7-36(35-21)27(39)17-9-15(12-33)3-5-19(17)29/h2-10H,1H3,(H,34,38). The first-order valence-electron chi connectivity index (χ1n) is 10.9. The number of hydrogen-bond acceptors (Lipinski definition) is 6. The summed E-state index contributed by atoms with van der Waals surface area (Å²) in [5.74, 6) is -5.02. The average Bonchev–Trinajstić information content (AvgIpc) is 3.38. The van der Waals surface area contributed by atoms with Crippen molar-refractivity contribution in [3.8, 4) is 23.4 Å². The van der Waals surface area contributed by atoms with Gasteiger partial charge in [0.05, 0.1) is 66.9 Å². The topological polar surface area (TPSA) is 129 Å². The molecule has 0 aliphatic carbocycles. The third-order valence-corrected chi connectivity index (χ3v) is 6.20. The van der Waals surface area contributed by atoms with Gasteiger partial charge in [0.2, 0.25) is 0 Å². The van der Waals surface area contributed by atoms with Gasteiger partial charge in [-0.15, -0.1) is 0 Å². The minimum absolute atomic E-state index is 0.0240. The molecule has 4 aromatic rings. The van der Waals surface area contributed by atoms with Crippen LogP contribution in [0, 0.1) is 34.3 Å². The van der Waals surface area contributed by atoms with Crippen LogP contribution >= 0.6 is 23.2 Å². The van der Waals surface area contributed by atoms with E-state index in [4.69, 9.17) is 33.7 Å². The lowest BCUT2D eigenvalue weighted by molar-refractivity contribution is 0.0943. The van der Waals surface area contributed by atoms with E-state index >= 15 is 8.78 Å². The molecule has 0 atom stereocenters. The number of Topliss-reactive ketones (excluding diaryl/α,β-unsaturated/α-hetero) is 1. The van der Waals surface area contributed by atoms with Gasteiger partial charge in [0.1, 0.15) is 11.6 Å². The lowest BCUT2D eigenvalue weighted by Gasteiger charge is -2.14. The van der Waals surface area contributed by atoms with Gasteiger partial charge in [-0.2, -0.15) is 15.6 Å². The number of aromatic nitrogens is 2. The van der Waals surface area contributed by atoms with Gasteiger partial charge >= 0.3 is 0 Å². The van der Waals surface area contributed by atoms with Crippen LogP contribution in [0.25, 0.3) is 11.3 Å². The highest BCUT2D eigenvalue weighted by Crippen LogP contribution is 2.33. The summed E-state index contributed by atoms with van der Waals surface area (Å²) in [6.45, 7) is 1.02. The molecule has 0 aliphatic heterocycles. The number of carbonyl (C=O) groups excluding carboxylic acids is 3. The zero-order chi connectivity index (χ0) is 28.4. The Labute approximate surface area is 229 Å². The zero-order valence-corrected chi connectivity index (χ0v) is 21.2. The number of nitriles is 2. The van der Waals surface area contributed by atoms with Gasteiger partial charge in [-0.1, -0.05) is 23.2 Å². The highest BCUT2D eigenvalue weighted by Gasteiger charge is 2.26. The summed E-state index contributed by atoms with van der Waals surface area (Å²) < 4.78 is 31.6. The summed E-state index contributed by atoms with van der Waals surface area (Å²) in [6, 6.07) is 13.5. The first kappa shape index (κ1) is 27.1. The van der Waals surface area contributed by atoms with E-state index in [1.165, 1.54) is 36.4 Å². The summed E-state index contributed by atoms with van der Waals surface area (Å²) >= 11 is 12.1. The molecule has 0 unspecified atom stereocenters. The van der Waals surface area contributed by atoms with Crippen LogP contribution in [0.4, 0.5) is 14.5 Å². The van der Waals surface area contributed by atoms with Crippen LogP contribution in [0.1, 0.15) is 49.1 Å². The Morgan fingerprint density at radius 3 is 2.10 bits per heavy atom. The van der Waals surface area contributed by atoms with Crippen molar-refractivity contribution in [2.45, 2.75) is 6.92 Å². The molecule has 12 heteroatoms. The van der Waals surface area contributed by atoms with E-state index in [1.807, 2.05) is 12.1 Å². The highest BCUT2D eigenvalue weighted by atomic mass is 35.5. The average molecular weight is 564 g/mol. The number of hydrogen-bond donors (Lipinski definition) is 1. The Kier molecular flexibility index (Phi) is 7.54. The fourth-order valence-electron chi connectivity index (χ4n) is 3.71. The van der Waals surface area contributed by atoms with Crippen LogP contribution in [0.3, 0.4) is 0 Å². The van der Waals surface area contributed by atoms with Crippen molar-refractivity contribution in [2.24, 2.45) is 0 Å². The fourth-order valence-corrected chi connectivity index (χ4v) is 4.11. The Bertz CT molecular complexity index is 1790. The predicted molar refractivity (Wildman–Crippen MR) is 138 cm³/mol. The third kappa shape index (κ3) is 5.25. The quantitative estimate of drug-likeness (QED) is 0.295. The van der Waals surface area contributed by atoms with Gasteiger partial charge in [-0.3, -0.25) is 14.4 Å². The number of halogens is 4. The van der Waals surface area contributed by atoms with Crippen molar-refractivity contribution in [3.05, 3.63) is 104 Å². The van der Waals surface area contributed by atoms with Crippen molar-refractivity contribution in [2.75, 3.05) is 5.32 Å². The molecule has 1 amide bonds. The molecule has 0 aliphatic rings. The predicted octanol–water partition coefficient (Wildman–Crippen LogP) is 6.02.